The topological polar surface area (TPSA) is 66.8 Å². The number of alkyl halides is 6. The number of aliphatic hydroxyl groups excluding tert-OH is 1. The van der Waals surface area contributed by atoms with E-state index in [-0.39, 0.29) is 24.9 Å². The van der Waals surface area contributed by atoms with Crippen molar-refractivity contribution in [3.63, 3.8) is 0 Å². The highest BCUT2D eigenvalue weighted by Crippen LogP contribution is 2.48. The van der Waals surface area contributed by atoms with E-state index in [1.807, 2.05) is 61.5 Å². The number of hydrogen-bond acceptors (Lipinski definition) is 5. The van der Waals surface area contributed by atoms with Crippen LogP contribution in [0.2, 0.25) is 0 Å². The number of rotatable bonds is 7. The van der Waals surface area contributed by atoms with E-state index in [4.69, 9.17) is 9.59 Å². The molecule has 1 unspecified atom stereocenters. The molecule has 0 saturated heterocycles. The molecule has 4 aromatic rings. The van der Waals surface area contributed by atoms with Gasteiger partial charge in [-0.15, -0.1) is 13.2 Å². The van der Waals surface area contributed by atoms with E-state index in [1.54, 1.807) is 24.3 Å². The van der Waals surface area contributed by atoms with Crippen molar-refractivity contribution in [3.8, 4) is 16.9 Å². The van der Waals surface area contributed by atoms with Crippen LogP contribution in [0, 0.1) is 6.92 Å². The molecule has 1 heterocycles. The van der Waals surface area contributed by atoms with Crippen LogP contribution in [-0.2, 0) is 21.4 Å². The third-order valence-electron chi connectivity index (χ3n) is 7.50. The molecule has 2 atom stereocenters. The summed E-state index contributed by atoms with van der Waals surface area (Å²) in [6, 6.07) is 28.2. The minimum atomic E-state index is -4.87. The number of fused-ring (bicyclic) bond motifs is 1. The van der Waals surface area contributed by atoms with Crippen LogP contribution in [0.25, 0.3) is 11.1 Å². The van der Waals surface area contributed by atoms with Gasteiger partial charge in [-0.05, 0) is 64.9 Å². The Kier molecular flexibility index (Phi) is 9.51. The number of anilines is 1. The van der Waals surface area contributed by atoms with Crippen LogP contribution in [0.5, 0.6) is 5.75 Å². The van der Waals surface area contributed by atoms with Gasteiger partial charge >= 0.3 is 18.7 Å². The molecule has 0 saturated carbocycles. The lowest BCUT2D eigenvalue weighted by Gasteiger charge is -2.33. The second-order valence-corrected chi connectivity index (χ2v) is 10.4. The van der Waals surface area contributed by atoms with Crippen molar-refractivity contribution in [2.45, 2.75) is 37.4 Å². The zero-order valence-corrected chi connectivity index (χ0v) is 23.3. The van der Waals surface area contributed by atoms with E-state index in [0.717, 1.165) is 27.8 Å². The average molecular weight is 616 g/mol. The Bertz CT molecular complexity index is 1630. The summed E-state index contributed by atoms with van der Waals surface area (Å²) in [6.07, 6.45) is -11.8. The molecule has 0 fully saturated rings. The van der Waals surface area contributed by atoms with Crippen molar-refractivity contribution in [2.75, 3.05) is 18.0 Å². The summed E-state index contributed by atoms with van der Waals surface area (Å²) >= 11 is 0. The summed E-state index contributed by atoms with van der Waals surface area (Å²) < 4.78 is 83.3. The first-order valence-electron chi connectivity index (χ1n) is 13.4. The van der Waals surface area contributed by atoms with Gasteiger partial charge in [0.25, 0.3) is 0 Å². The van der Waals surface area contributed by atoms with Crippen molar-refractivity contribution >= 4 is 11.8 Å². The van der Waals surface area contributed by atoms with Crippen LogP contribution in [0.1, 0.15) is 22.3 Å². The zero-order valence-electron chi connectivity index (χ0n) is 23.3. The molecule has 11 heteroatoms. The third-order valence-corrected chi connectivity index (χ3v) is 7.50. The van der Waals surface area contributed by atoms with Gasteiger partial charge in [0.1, 0.15) is 5.75 Å². The molecule has 1 N–H and O–H groups in total. The summed E-state index contributed by atoms with van der Waals surface area (Å²) in [4.78, 5) is 17.8. The fourth-order valence-electron chi connectivity index (χ4n) is 5.71. The van der Waals surface area contributed by atoms with Gasteiger partial charge < -0.3 is 14.7 Å². The van der Waals surface area contributed by atoms with Gasteiger partial charge in [0.15, 0.2) is 6.10 Å². The molecule has 0 amide bonds. The lowest BCUT2D eigenvalue weighted by atomic mass is 9.71. The van der Waals surface area contributed by atoms with Gasteiger partial charge in [-0.2, -0.15) is 22.8 Å². The zero-order chi connectivity index (χ0) is 32.1. The fraction of sp³-hybridized carbons (Fsp3) is 0.242. The summed E-state index contributed by atoms with van der Waals surface area (Å²) in [5.41, 5.74) is 4.53. The number of para-hydroxylation sites is 1. The van der Waals surface area contributed by atoms with Crippen molar-refractivity contribution in [3.05, 3.63) is 119 Å². The molecular weight excluding hydrogens is 588 g/mol. The highest BCUT2D eigenvalue weighted by atomic mass is 19.4. The van der Waals surface area contributed by atoms with Gasteiger partial charge in [0.2, 0.25) is 0 Å². The maximum Gasteiger partial charge on any atom is 0.573 e. The Morgan fingerprint density at radius 2 is 1.55 bits per heavy atom. The van der Waals surface area contributed by atoms with E-state index in [0.29, 0.717) is 11.3 Å². The van der Waals surface area contributed by atoms with Crippen molar-refractivity contribution < 1.29 is 45.8 Å². The van der Waals surface area contributed by atoms with Crippen LogP contribution < -0.4 is 9.64 Å². The molecule has 1 aliphatic rings. The van der Waals surface area contributed by atoms with E-state index < -0.39 is 30.6 Å². The number of halogens is 6. The van der Waals surface area contributed by atoms with Crippen LogP contribution in [0.15, 0.2) is 97.1 Å². The Morgan fingerprint density at radius 3 is 2.23 bits per heavy atom. The molecule has 0 aromatic heterocycles. The highest BCUT2D eigenvalue weighted by Gasteiger charge is 2.47. The van der Waals surface area contributed by atoms with Crippen molar-refractivity contribution in [2.24, 2.45) is 0 Å². The minimum absolute atomic E-state index is 0.0705. The molecule has 5 nitrogen and oxygen atoms in total. The molecule has 230 valence electrons. The summed E-state index contributed by atoms with van der Waals surface area (Å²) in [7, 11) is 0. The number of ether oxygens (including phenoxy) is 1. The first kappa shape index (κ1) is 32.3. The van der Waals surface area contributed by atoms with Gasteiger partial charge in [-0.1, -0.05) is 78.9 Å². The quantitative estimate of drug-likeness (QED) is 0.222. The van der Waals surface area contributed by atoms with E-state index >= 15 is 0 Å². The Balaban J connectivity index is 0.00000141. The first-order chi connectivity index (χ1) is 20.8. The Morgan fingerprint density at radius 1 is 0.886 bits per heavy atom. The molecular formula is C33H27F6NO4. The fourth-order valence-corrected chi connectivity index (χ4v) is 5.71. The molecule has 0 aliphatic carbocycles. The average Bonchev–Trinajstić information content (AvgIpc) is 3.26. The molecule has 44 heavy (non-hydrogen) atoms. The van der Waals surface area contributed by atoms with Crippen molar-refractivity contribution in [1.82, 2.24) is 0 Å². The molecule has 4 aromatic carbocycles. The van der Waals surface area contributed by atoms with Gasteiger partial charge in [0.05, 0.1) is 6.54 Å². The maximum atomic E-state index is 13.4. The molecule has 5 rings (SSSR count). The monoisotopic (exact) mass is 615 g/mol. The Labute approximate surface area is 249 Å². The lowest BCUT2D eigenvalue weighted by Crippen LogP contribution is -2.44. The number of carbonyl (C=O) groups excluding carboxylic acids is 2. The summed E-state index contributed by atoms with van der Waals surface area (Å²) in [5.74, 6) is -0.380. The second kappa shape index (κ2) is 13.0. The maximum absolute atomic E-state index is 13.4. The standard InChI is InChI=1S/C32H27F6NO2.CO2/c1-21-8-2-3-13-26(21)23-10-7-11-24(17-23)30(18-22-9-6-12-25(16-22)41-32(36,37)38)20-39(19-29(40)31(33,34)35)28-15-5-4-14-27(28)30;2-1-3/h2-17,29,40H,18-20H2,1H3;/t29-,30?;/m1./s1. The van der Waals surface area contributed by atoms with Crippen LogP contribution in [0.3, 0.4) is 0 Å². The van der Waals surface area contributed by atoms with E-state index in [9.17, 15) is 31.4 Å². The molecule has 1 aliphatic heterocycles. The number of β-amino-alcohol motifs (C(OH)–C–C–N with tert-alkyl or cyclic N) is 1. The number of nitrogens with zero attached hydrogens (tertiary/aromatic N) is 1. The summed E-state index contributed by atoms with van der Waals surface area (Å²) in [6.45, 7) is 1.37. The first-order valence-corrected chi connectivity index (χ1v) is 13.4. The number of aliphatic hydroxyl groups is 1. The SMILES string of the molecule is Cc1ccccc1-c1cccc(C2(Cc3cccc(OC(F)(F)F)c3)CN(C[C@@H](O)C(F)(F)F)c3ccccc32)c1.O=C=O. The summed E-state index contributed by atoms with van der Waals surface area (Å²) in [5, 5.41) is 9.98. The largest absolute Gasteiger partial charge is 0.573 e. The predicted octanol–water partition coefficient (Wildman–Crippen LogP) is 7.25. The highest BCUT2D eigenvalue weighted by molar-refractivity contribution is 5.71. The predicted molar refractivity (Wildman–Crippen MR) is 150 cm³/mol. The molecule has 0 radical (unpaired) electrons. The number of benzene rings is 4. The number of aryl methyl sites for hydroxylation is 1. The van der Waals surface area contributed by atoms with Crippen LogP contribution in [0.4, 0.5) is 32.0 Å². The smallest absolute Gasteiger partial charge is 0.406 e. The molecule has 0 spiro atoms. The van der Waals surface area contributed by atoms with Gasteiger partial charge in [-0.3, -0.25) is 0 Å². The lowest BCUT2D eigenvalue weighted by molar-refractivity contribution is -0.274. The van der Waals surface area contributed by atoms with Crippen LogP contribution >= 0.6 is 0 Å². The Hall–Kier alpha value is -4.60. The number of hydrogen-bond donors (Lipinski definition) is 1. The normalized spacial score (nSPS) is 16.8. The van der Waals surface area contributed by atoms with Crippen molar-refractivity contribution in [1.29, 1.82) is 0 Å². The van der Waals surface area contributed by atoms with E-state index in [2.05, 4.69) is 4.74 Å². The minimum Gasteiger partial charge on any atom is -0.406 e. The van der Waals surface area contributed by atoms with Crippen LogP contribution in [-0.4, -0.2) is 43.0 Å². The van der Waals surface area contributed by atoms with Gasteiger partial charge in [0, 0.05) is 17.6 Å². The third kappa shape index (κ3) is 7.30. The van der Waals surface area contributed by atoms with E-state index in [1.165, 1.54) is 23.1 Å². The van der Waals surface area contributed by atoms with Gasteiger partial charge in [-0.25, -0.2) is 0 Å². The molecule has 0 bridgehead atoms. The second-order valence-electron chi connectivity index (χ2n) is 10.4.